The molecule has 1 N–H and O–H groups in total. The van der Waals surface area contributed by atoms with Gasteiger partial charge in [0.2, 0.25) is 10.0 Å². The van der Waals surface area contributed by atoms with E-state index in [-0.39, 0.29) is 10.6 Å². The molecule has 142 valence electrons. The van der Waals surface area contributed by atoms with Crippen LogP contribution in [0.3, 0.4) is 0 Å². The highest BCUT2D eigenvalue weighted by Gasteiger charge is 2.25. The summed E-state index contributed by atoms with van der Waals surface area (Å²) in [5, 5.41) is 4.18. The maximum absolute atomic E-state index is 13.1. The molecule has 0 amide bonds. The molecule has 0 aliphatic rings. The van der Waals surface area contributed by atoms with Crippen LogP contribution in [0.5, 0.6) is 11.5 Å². The minimum Gasteiger partial charge on any atom is -0.497 e. The van der Waals surface area contributed by atoms with Gasteiger partial charge in [-0.25, -0.2) is 13.1 Å². The van der Waals surface area contributed by atoms with E-state index >= 15 is 0 Å². The topological polar surface area (TPSA) is 82.5 Å². The number of hydrogen-bond donors (Lipinski definition) is 1. The predicted molar refractivity (Wildman–Crippen MR) is 101 cm³/mol. The van der Waals surface area contributed by atoms with E-state index in [0.717, 1.165) is 5.56 Å². The van der Waals surface area contributed by atoms with Gasteiger partial charge in [0.15, 0.2) is 0 Å². The molecule has 0 radical (unpaired) electrons. The fraction of sp³-hybridized carbons (Fsp3) is 0.211. The van der Waals surface area contributed by atoms with Gasteiger partial charge in [-0.2, -0.15) is 5.10 Å². The van der Waals surface area contributed by atoms with Crippen molar-refractivity contribution in [3.8, 4) is 11.5 Å². The first kappa shape index (κ1) is 18.9. The van der Waals surface area contributed by atoms with E-state index in [2.05, 4.69) is 9.82 Å². The number of sulfonamides is 1. The molecule has 1 unspecified atom stereocenters. The third kappa shape index (κ3) is 4.47. The van der Waals surface area contributed by atoms with Crippen molar-refractivity contribution in [3.63, 3.8) is 0 Å². The molecule has 0 saturated carbocycles. The summed E-state index contributed by atoms with van der Waals surface area (Å²) in [6.07, 6.45) is 3.44. The second-order valence-corrected chi connectivity index (χ2v) is 7.51. The minimum absolute atomic E-state index is 0.0192. The summed E-state index contributed by atoms with van der Waals surface area (Å²) in [7, 11) is -0.970. The average Bonchev–Trinajstić information content (AvgIpc) is 3.20. The maximum atomic E-state index is 13.1. The number of nitrogens with one attached hydrogen (secondary N) is 1. The molecule has 7 nitrogen and oxygen atoms in total. The number of rotatable bonds is 8. The first-order chi connectivity index (χ1) is 13.0. The van der Waals surface area contributed by atoms with Gasteiger partial charge in [0, 0.05) is 18.5 Å². The van der Waals surface area contributed by atoms with Gasteiger partial charge in [0.05, 0.1) is 26.8 Å². The van der Waals surface area contributed by atoms with Crippen LogP contribution in [0, 0.1) is 0 Å². The van der Waals surface area contributed by atoms with Crippen LogP contribution >= 0.6 is 0 Å². The molecular weight excluding hydrogens is 366 g/mol. The number of hydrogen-bond acceptors (Lipinski definition) is 5. The van der Waals surface area contributed by atoms with Gasteiger partial charge in [-0.3, -0.25) is 4.68 Å². The van der Waals surface area contributed by atoms with Crippen LogP contribution in [-0.2, 0) is 16.6 Å². The van der Waals surface area contributed by atoms with Crippen molar-refractivity contribution in [2.75, 3.05) is 14.2 Å². The molecule has 0 aliphatic heterocycles. The van der Waals surface area contributed by atoms with E-state index in [1.54, 1.807) is 35.3 Å². The Morgan fingerprint density at radius 3 is 2.48 bits per heavy atom. The monoisotopic (exact) mass is 387 g/mol. The van der Waals surface area contributed by atoms with Gasteiger partial charge in [0.1, 0.15) is 16.4 Å². The van der Waals surface area contributed by atoms with Crippen LogP contribution in [0.2, 0.25) is 0 Å². The number of ether oxygens (including phenoxy) is 2. The van der Waals surface area contributed by atoms with Crippen LogP contribution in [-0.4, -0.2) is 32.4 Å². The Bertz CT molecular complexity index is 973. The Labute approximate surface area is 158 Å². The van der Waals surface area contributed by atoms with Crippen LogP contribution in [0.1, 0.15) is 11.6 Å². The zero-order chi connectivity index (χ0) is 19.3. The molecule has 0 fully saturated rings. The van der Waals surface area contributed by atoms with Gasteiger partial charge in [-0.1, -0.05) is 30.3 Å². The van der Waals surface area contributed by atoms with Crippen molar-refractivity contribution >= 4 is 10.0 Å². The summed E-state index contributed by atoms with van der Waals surface area (Å²) < 4.78 is 41.1. The summed E-state index contributed by atoms with van der Waals surface area (Å²) >= 11 is 0. The fourth-order valence-corrected chi connectivity index (χ4v) is 4.14. The largest absolute Gasteiger partial charge is 0.497 e. The Hall–Kier alpha value is -2.84. The quantitative estimate of drug-likeness (QED) is 0.642. The normalized spacial score (nSPS) is 12.5. The third-order valence-corrected chi connectivity index (χ3v) is 5.58. The summed E-state index contributed by atoms with van der Waals surface area (Å²) in [6, 6.07) is 15.3. The molecular formula is C19H21N3O4S. The second-order valence-electron chi connectivity index (χ2n) is 5.83. The van der Waals surface area contributed by atoms with Crippen molar-refractivity contribution in [2.24, 2.45) is 0 Å². The molecule has 0 bridgehead atoms. The van der Waals surface area contributed by atoms with Gasteiger partial charge >= 0.3 is 0 Å². The smallest absolute Gasteiger partial charge is 0.245 e. The van der Waals surface area contributed by atoms with Crippen LogP contribution in [0.4, 0.5) is 0 Å². The highest BCUT2D eigenvalue weighted by molar-refractivity contribution is 7.89. The number of methoxy groups -OCH3 is 2. The van der Waals surface area contributed by atoms with E-state index in [4.69, 9.17) is 9.47 Å². The first-order valence-electron chi connectivity index (χ1n) is 8.30. The summed E-state index contributed by atoms with van der Waals surface area (Å²) in [4.78, 5) is 0.0192. The summed E-state index contributed by atoms with van der Waals surface area (Å²) in [5.74, 6) is 0.675. The van der Waals surface area contributed by atoms with Crippen molar-refractivity contribution in [2.45, 2.75) is 17.5 Å². The molecule has 1 aromatic heterocycles. The third-order valence-electron chi connectivity index (χ3n) is 4.09. The highest BCUT2D eigenvalue weighted by atomic mass is 32.2. The zero-order valence-electron chi connectivity index (χ0n) is 15.1. The molecule has 1 atom stereocenters. The molecule has 0 saturated heterocycles. The molecule has 2 aromatic carbocycles. The van der Waals surface area contributed by atoms with E-state index in [0.29, 0.717) is 12.3 Å². The van der Waals surface area contributed by atoms with E-state index < -0.39 is 16.1 Å². The zero-order valence-corrected chi connectivity index (χ0v) is 15.9. The number of aromatic nitrogens is 2. The molecule has 1 heterocycles. The summed E-state index contributed by atoms with van der Waals surface area (Å²) in [6.45, 7) is 0.350. The Morgan fingerprint density at radius 1 is 1.07 bits per heavy atom. The molecule has 8 heteroatoms. The van der Waals surface area contributed by atoms with Crippen molar-refractivity contribution in [3.05, 3.63) is 72.6 Å². The van der Waals surface area contributed by atoms with E-state index in [9.17, 15) is 8.42 Å². The lowest BCUT2D eigenvalue weighted by atomic mass is 10.1. The highest BCUT2D eigenvalue weighted by Crippen LogP contribution is 2.29. The minimum atomic E-state index is -3.88. The van der Waals surface area contributed by atoms with Crippen LogP contribution in [0.25, 0.3) is 0 Å². The molecule has 0 spiro atoms. The van der Waals surface area contributed by atoms with E-state index in [1.807, 2.05) is 30.3 Å². The standard InChI is InChI=1S/C19H21N3O4S/c1-25-16-9-10-18(26-2)19(13-16)27(23,24)21-17(14-22-12-6-11-20-22)15-7-4-3-5-8-15/h3-13,17,21H,14H2,1-2H3. The van der Waals surface area contributed by atoms with Gasteiger partial charge in [0.25, 0.3) is 0 Å². The van der Waals surface area contributed by atoms with Crippen molar-refractivity contribution in [1.82, 2.24) is 14.5 Å². The SMILES string of the molecule is COc1ccc(OC)c(S(=O)(=O)NC(Cn2cccn2)c2ccccc2)c1. The van der Waals surface area contributed by atoms with Crippen molar-refractivity contribution < 1.29 is 17.9 Å². The van der Waals surface area contributed by atoms with Gasteiger partial charge < -0.3 is 9.47 Å². The molecule has 0 aliphatic carbocycles. The Morgan fingerprint density at radius 2 is 1.85 bits per heavy atom. The lowest BCUT2D eigenvalue weighted by Gasteiger charge is -2.20. The molecule has 27 heavy (non-hydrogen) atoms. The lowest BCUT2D eigenvalue weighted by Crippen LogP contribution is -2.32. The second kappa shape index (κ2) is 8.24. The Balaban J connectivity index is 1.97. The Kier molecular flexibility index (Phi) is 5.78. The molecule has 3 rings (SSSR count). The van der Waals surface area contributed by atoms with E-state index in [1.165, 1.54) is 20.3 Å². The molecule has 3 aromatic rings. The predicted octanol–water partition coefficient (Wildman–Crippen LogP) is 2.62. The van der Waals surface area contributed by atoms with Crippen LogP contribution in [0.15, 0.2) is 71.9 Å². The van der Waals surface area contributed by atoms with Crippen LogP contribution < -0.4 is 14.2 Å². The number of benzene rings is 2. The average molecular weight is 387 g/mol. The first-order valence-corrected chi connectivity index (χ1v) is 9.78. The van der Waals surface area contributed by atoms with Crippen molar-refractivity contribution in [1.29, 1.82) is 0 Å². The summed E-state index contributed by atoms with van der Waals surface area (Å²) in [5.41, 5.74) is 0.832. The van der Waals surface area contributed by atoms with Gasteiger partial charge in [-0.05, 0) is 23.8 Å². The maximum Gasteiger partial charge on any atom is 0.245 e. The lowest BCUT2D eigenvalue weighted by molar-refractivity contribution is 0.391. The number of nitrogens with zero attached hydrogens (tertiary/aromatic N) is 2. The fourth-order valence-electron chi connectivity index (χ4n) is 2.74. The van der Waals surface area contributed by atoms with Gasteiger partial charge in [-0.15, -0.1) is 0 Å².